The summed E-state index contributed by atoms with van der Waals surface area (Å²) >= 11 is 1.25. The van der Waals surface area contributed by atoms with Gasteiger partial charge in [-0.15, -0.1) is 0 Å². The van der Waals surface area contributed by atoms with Crippen molar-refractivity contribution in [3.05, 3.63) is 20.7 Å². The Hall–Kier alpha value is -0.650. The molecule has 0 saturated carbocycles. The van der Waals surface area contributed by atoms with E-state index in [0.717, 1.165) is 25.3 Å². The Labute approximate surface area is 93.3 Å². The molecule has 4 nitrogen and oxygen atoms in total. The number of aromatic nitrogens is 1. The van der Waals surface area contributed by atoms with Crippen molar-refractivity contribution in [1.29, 1.82) is 0 Å². The largest absolute Gasteiger partial charge is 0.316 e. The third kappa shape index (κ3) is 2.90. The molecular weight excluding hydrogens is 210 g/mol. The van der Waals surface area contributed by atoms with Crippen molar-refractivity contribution in [2.45, 2.75) is 25.4 Å². The van der Waals surface area contributed by atoms with Gasteiger partial charge in [0.2, 0.25) is 0 Å². The number of rotatable bonds is 3. The maximum absolute atomic E-state index is 11.0. The molecule has 1 unspecified atom stereocenters. The lowest BCUT2D eigenvalue weighted by atomic mass is 10.1. The molecule has 2 heterocycles. The molecule has 0 spiro atoms. The molecule has 2 N–H and O–H groups in total. The average molecular weight is 227 g/mol. The smallest absolute Gasteiger partial charge is 0.304 e. The zero-order chi connectivity index (χ0) is 10.7. The molecule has 5 heteroatoms. The molecule has 1 aliphatic rings. The van der Waals surface area contributed by atoms with E-state index in [2.05, 4.69) is 15.2 Å². The van der Waals surface area contributed by atoms with Gasteiger partial charge in [0.25, 0.3) is 0 Å². The summed E-state index contributed by atoms with van der Waals surface area (Å²) in [6, 6.07) is 0.601. The zero-order valence-corrected chi connectivity index (χ0v) is 9.77. The molecule has 1 fully saturated rings. The number of piperidine rings is 1. The second-order valence-corrected chi connectivity index (χ2v) is 4.88. The lowest BCUT2D eigenvalue weighted by Gasteiger charge is -2.32. The number of thiazole rings is 1. The van der Waals surface area contributed by atoms with Gasteiger partial charge in [-0.1, -0.05) is 11.3 Å². The van der Waals surface area contributed by atoms with Gasteiger partial charge in [-0.3, -0.25) is 9.69 Å². The van der Waals surface area contributed by atoms with Gasteiger partial charge in [-0.2, -0.15) is 0 Å². The van der Waals surface area contributed by atoms with E-state index < -0.39 is 0 Å². The molecule has 0 radical (unpaired) electrons. The monoisotopic (exact) mass is 227 g/mol. The normalized spacial score (nSPS) is 23.1. The standard InChI is InChI=1S/C10H17N3OS/c1-11-8-3-2-4-13(5-8)6-9-7-15-10(14)12-9/h7-8,11H,2-6H2,1H3,(H,12,14). The molecule has 0 amide bonds. The minimum absolute atomic E-state index is 0.0483. The number of nitrogens with zero attached hydrogens (tertiary/aromatic N) is 1. The highest BCUT2D eigenvalue weighted by atomic mass is 32.1. The lowest BCUT2D eigenvalue weighted by molar-refractivity contribution is 0.186. The van der Waals surface area contributed by atoms with E-state index in [0.29, 0.717) is 6.04 Å². The molecule has 1 atom stereocenters. The number of likely N-dealkylation sites (tertiary alicyclic amines) is 1. The summed E-state index contributed by atoms with van der Waals surface area (Å²) < 4.78 is 0. The molecule has 1 aliphatic heterocycles. The number of hydrogen-bond acceptors (Lipinski definition) is 4. The van der Waals surface area contributed by atoms with Crippen LogP contribution in [0.3, 0.4) is 0 Å². The van der Waals surface area contributed by atoms with Gasteiger partial charge < -0.3 is 10.3 Å². The molecule has 1 aromatic rings. The second-order valence-electron chi connectivity index (χ2n) is 4.04. The summed E-state index contributed by atoms with van der Waals surface area (Å²) in [4.78, 5) is 16.3. The Morgan fingerprint density at radius 3 is 3.27 bits per heavy atom. The molecule has 15 heavy (non-hydrogen) atoms. The van der Waals surface area contributed by atoms with Crippen molar-refractivity contribution >= 4 is 11.3 Å². The summed E-state index contributed by atoms with van der Waals surface area (Å²) in [5, 5.41) is 5.24. The van der Waals surface area contributed by atoms with Crippen LogP contribution in [-0.2, 0) is 6.54 Å². The van der Waals surface area contributed by atoms with Crippen LogP contribution in [0, 0.1) is 0 Å². The van der Waals surface area contributed by atoms with Crippen molar-refractivity contribution in [3.63, 3.8) is 0 Å². The van der Waals surface area contributed by atoms with E-state index in [4.69, 9.17) is 0 Å². The van der Waals surface area contributed by atoms with Crippen LogP contribution < -0.4 is 10.2 Å². The van der Waals surface area contributed by atoms with Gasteiger partial charge in [-0.25, -0.2) is 0 Å². The highest BCUT2D eigenvalue weighted by Crippen LogP contribution is 2.12. The first-order chi connectivity index (χ1) is 7.28. The summed E-state index contributed by atoms with van der Waals surface area (Å²) in [6.07, 6.45) is 2.49. The van der Waals surface area contributed by atoms with Crippen molar-refractivity contribution in [1.82, 2.24) is 15.2 Å². The minimum Gasteiger partial charge on any atom is -0.316 e. The fourth-order valence-corrected chi connectivity index (χ4v) is 2.64. The predicted octanol–water partition coefficient (Wildman–Crippen LogP) is 0.620. The SMILES string of the molecule is CNC1CCCN(Cc2csc(=O)[nH]2)C1. The van der Waals surface area contributed by atoms with Crippen molar-refractivity contribution in [2.24, 2.45) is 0 Å². The van der Waals surface area contributed by atoms with Crippen LogP contribution in [0.25, 0.3) is 0 Å². The first-order valence-corrected chi connectivity index (χ1v) is 6.22. The van der Waals surface area contributed by atoms with Crippen LogP contribution in [0.5, 0.6) is 0 Å². The van der Waals surface area contributed by atoms with E-state index in [9.17, 15) is 4.79 Å². The van der Waals surface area contributed by atoms with E-state index in [-0.39, 0.29) is 4.87 Å². The van der Waals surface area contributed by atoms with Crippen molar-refractivity contribution in [3.8, 4) is 0 Å². The number of likely N-dealkylation sites (N-methyl/N-ethyl adjacent to an activating group) is 1. The summed E-state index contributed by atoms with van der Waals surface area (Å²) in [5.74, 6) is 0. The summed E-state index contributed by atoms with van der Waals surface area (Å²) in [7, 11) is 2.01. The molecule has 84 valence electrons. The van der Waals surface area contributed by atoms with Gasteiger partial charge in [0, 0.05) is 30.2 Å². The van der Waals surface area contributed by atoms with Gasteiger partial charge in [-0.05, 0) is 26.4 Å². The van der Waals surface area contributed by atoms with Gasteiger partial charge >= 0.3 is 4.87 Å². The maximum atomic E-state index is 11.0. The Kier molecular flexibility index (Phi) is 3.56. The highest BCUT2D eigenvalue weighted by Gasteiger charge is 2.18. The predicted molar refractivity (Wildman–Crippen MR) is 62.3 cm³/mol. The topological polar surface area (TPSA) is 48.1 Å². The Morgan fingerprint density at radius 2 is 2.60 bits per heavy atom. The highest BCUT2D eigenvalue weighted by molar-refractivity contribution is 7.07. The molecular formula is C10H17N3OS. The fraction of sp³-hybridized carbons (Fsp3) is 0.700. The molecule has 1 aromatic heterocycles. The second kappa shape index (κ2) is 4.92. The third-order valence-corrected chi connectivity index (χ3v) is 3.60. The maximum Gasteiger partial charge on any atom is 0.304 e. The Balaban J connectivity index is 1.91. The van der Waals surface area contributed by atoms with E-state index >= 15 is 0 Å². The van der Waals surface area contributed by atoms with Crippen LogP contribution in [-0.4, -0.2) is 36.1 Å². The van der Waals surface area contributed by atoms with Crippen molar-refractivity contribution < 1.29 is 0 Å². The number of H-pyrrole nitrogens is 1. The number of hydrogen-bond donors (Lipinski definition) is 2. The van der Waals surface area contributed by atoms with Gasteiger partial charge in [0.1, 0.15) is 0 Å². The molecule has 0 aliphatic carbocycles. The van der Waals surface area contributed by atoms with Crippen LogP contribution >= 0.6 is 11.3 Å². The first kappa shape index (κ1) is 10.9. The third-order valence-electron chi connectivity index (χ3n) is 2.88. The quantitative estimate of drug-likeness (QED) is 0.796. The van der Waals surface area contributed by atoms with Crippen LogP contribution in [0.2, 0.25) is 0 Å². The van der Waals surface area contributed by atoms with E-state index in [1.165, 1.54) is 24.2 Å². The van der Waals surface area contributed by atoms with E-state index in [1.807, 2.05) is 12.4 Å². The number of nitrogens with one attached hydrogen (secondary N) is 2. The zero-order valence-electron chi connectivity index (χ0n) is 8.95. The van der Waals surface area contributed by atoms with Crippen LogP contribution in [0.4, 0.5) is 0 Å². The number of aromatic amines is 1. The van der Waals surface area contributed by atoms with Crippen LogP contribution in [0.1, 0.15) is 18.5 Å². The molecule has 0 bridgehead atoms. The summed E-state index contributed by atoms with van der Waals surface area (Å²) in [5.41, 5.74) is 1.04. The van der Waals surface area contributed by atoms with E-state index in [1.54, 1.807) is 0 Å². The summed E-state index contributed by atoms with van der Waals surface area (Å²) in [6.45, 7) is 3.08. The first-order valence-electron chi connectivity index (χ1n) is 5.34. The molecule has 0 aromatic carbocycles. The Bertz CT molecular complexity index is 360. The minimum atomic E-state index is 0.0483. The van der Waals surface area contributed by atoms with Crippen molar-refractivity contribution in [2.75, 3.05) is 20.1 Å². The van der Waals surface area contributed by atoms with Crippen LogP contribution in [0.15, 0.2) is 10.2 Å². The van der Waals surface area contributed by atoms with Gasteiger partial charge in [0.05, 0.1) is 0 Å². The fourth-order valence-electron chi connectivity index (χ4n) is 2.07. The average Bonchev–Trinajstić information content (AvgIpc) is 2.64. The Morgan fingerprint density at radius 1 is 1.73 bits per heavy atom. The molecule has 1 saturated heterocycles. The molecule has 2 rings (SSSR count). The lowest BCUT2D eigenvalue weighted by Crippen LogP contribution is -2.43. The van der Waals surface area contributed by atoms with Gasteiger partial charge in [0.15, 0.2) is 0 Å².